The van der Waals surface area contributed by atoms with Crippen molar-refractivity contribution in [3.05, 3.63) is 29.6 Å². The van der Waals surface area contributed by atoms with Crippen LogP contribution in [0.2, 0.25) is 0 Å². The first kappa shape index (κ1) is 11.0. The zero-order chi connectivity index (χ0) is 11.7. The van der Waals surface area contributed by atoms with Crippen LogP contribution < -0.4 is 5.73 Å². The fraction of sp³-hybridized carbons (Fsp3) is 0.364. The van der Waals surface area contributed by atoms with Gasteiger partial charge in [0.25, 0.3) is 0 Å². The number of aromatic amines is 1. The maximum absolute atomic E-state index is 13.4. The summed E-state index contributed by atoms with van der Waals surface area (Å²) in [4.78, 5) is 7.04. The third kappa shape index (κ3) is 1.78. The standard InChI is InChI=1S/C11H13F2N3/c1-6(4-5-14)11-15-8-3-2-7(12)9(13)10(8)16-11/h2-3,6H,4-5,14H2,1H3,(H,15,16). The average Bonchev–Trinajstić information content (AvgIpc) is 2.69. The van der Waals surface area contributed by atoms with Crippen molar-refractivity contribution in [3.63, 3.8) is 0 Å². The van der Waals surface area contributed by atoms with Gasteiger partial charge in [0.05, 0.1) is 5.52 Å². The number of benzene rings is 1. The van der Waals surface area contributed by atoms with Crippen molar-refractivity contribution in [1.29, 1.82) is 0 Å². The van der Waals surface area contributed by atoms with Crippen molar-refractivity contribution in [2.24, 2.45) is 5.73 Å². The molecule has 5 heteroatoms. The van der Waals surface area contributed by atoms with Gasteiger partial charge in [-0.2, -0.15) is 0 Å². The molecular weight excluding hydrogens is 212 g/mol. The summed E-state index contributed by atoms with van der Waals surface area (Å²) in [5, 5.41) is 0. The number of hydrogen-bond donors (Lipinski definition) is 2. The van der Waals surface area contributed by atoms with E-state index in [9.17, 15) is 8.78 Å². The lowest BCUT2D eigenvalue weighted by Crippen LogP contribution is -2.05. The van der Waals surface area contributed by atoms with Crippen molar-refractivity contribution >= 4 is 11.0 Å². The molecule has 0 bridgehead atoms. The van der Waals surface area contributed by atoms with E-state index in [4.69, 9.17) is 5.73 Å². The first-order valence-corrected chi connectivity index (χ1v) is 5.17. The smallest absolute Gasteiger partial charge is 0.186 e. The molecule has 0 fully saturated rings. The summed E-state index contributed by atoms with van der Waals surface area (Å²) in [6, 6.07) is 2.58. The molecule has 1 atom stereocenters. The minimum absolute atomic E-state index is 0.0545. The first-order chi connectivity index (χ1) is 7.63. The minimum Gasteiger partial charge on any atom is -0.342 e. The van der Waals surface area contributed by atoms with E-state index in [2.05, 4.69) is 9.97 Å². The van der Waals surface area contributed by atoms with Crippen LogP contribution in [0.15, 0.2) is 12.1 Å². The number of nitrogens with zero attached hydrogens (tertiary/aromatic N) is 1. The van der Waals surface area contributed by atoms with Gasteiger partial charge in [-0.3, -0.25) is 0 Å². The van der Waals surface area contributed by atoms with E-state index in [1.807, 2.05) is 6.92 Å². The summed E-state index contributed by atoms with van der Waals surface area (Å²) in [6.07, 6.45) is 0.754. The molecule has 0 aliphatic heterocycles. The van der Waals surface area contributed by atoms with Crippen LogP contribution in [0.5, 0.6) is 0 Å². The Morgan fingerprint density at radius 2 is 2.19 bits per heavy atom. The van der Waals surface area contributed by atoms with Gasteiger partial charge in [0.2, 0.25) is 0 Å². The molecule has 1 unspecified atom stereocenters. The lowest BCUT2D eigenvalue weighted by Gasteiger charge is -2.04. The summed E-state index contributed by atoms with van der Waals surface area (Å²) < 4.78 is 26.3. The van der Waals surface area contributed by atoms with Crippen LogP contribution in [0.25, 0.3) is 11.0 Å². The Morgan fingerprint density at radius 3 is 2.88 bits per heavy atom. The predicted molar refractivity (Wildman–Crippen MR) is 58.1 cm³/mol. The molecule has 0 saturated carbocycles. The number of rotatable bonds is 3. The quantitative estimate of drug-likeness (QED) is 0.842. The molecule has 1 aromatic carbocycles. The normalized spacial score (nSPS) is 13.2. The van der Waals surface area contributed by atoms with E-state index in [-0.39, 0.29) is 11.4 Å². The van der Waals surface area contributed by atoms with Crippen molar-refractivity contribution in [1.82, 2.24) is 9.97 Å². The number of nitrogens with two attached hydrogens (primary N) is 1. The lowest BCUT2D eigenvalue weighted by atomic mass is 10.1. The fourth-order valence-electron chi connectivity index (χ4n) is 1.66. The van der Waals surface area contributed by atoms with Gasteiger partial charge in [0, 0.05) is 5.92 Å². The third-order valence-corrected chi connectivity index (χ3v) is 2.63. The van der Waals surface area contributed by atoms with E-state index in [1.54, 1.807) is 0 Å². The number of H-pyrrole nitrogens is 1. The van der Waals surface area contributed by atoms with Gasteiger partial charge in [-0.15, -0.1) is 0 Å². The Labute approximate surface area is 91.7 Å². The fourth-order valence-corrected chi connectivity index (χ4v) is 1.66. The van der Waals surface area contributed by atoms with E-state index in [0.29, 0.717) is 17.9 Å². The van der Waals surface area contributed by atoms with E-state index >= 15 is 0 Å². The number of halogens is 2. The number of hydrogen-bond acceptors (Lipinski definition) is 2. The van der Waals surface area contributed by atoms with Crippen LogP contribution in [0.1, 0.15) is 25.1 Å². The van der Waals surface area contributed by atoms with Crippen molar-refractivity contribution in [2.75, 3.05) is 6.54 Å². The van der Waals surface area contributed by atoms with Gasteiger partial charge in [0.1, 0.15) is 11.3 Å². The lowest BCUT2D eigenvalue weighted by molar-refractivity contribution is 0.515. The van der Waals surface area contributed by atoms with E-state index in [0.717, 1.165) is 12.5 Å². The summed E-state index contributed by atoms with van der Waals surface area (Å²) in [6.45, 7) is 2.48. The van der Waals surface area contributed by atoms with Crippen molar-refractivity contribution in [3.8, 4) is 0 Å². The maximum atomic E-state index is 13.4. The molecule has 3 N–H and O–H groups in total. The molecule has 0 saturated heterocycles. The largest absolute Gasteiger partial charge is 0.342 e. The van der Waals surface area contributed by atoms with Crippen LogP contribution in [0.4, 0.5) is 8.78 Å². The molecule has 2 aromatic rings. The SMILES string of the molecule is CC(CCN)c1nc2c(F)c(F)ccc2[nH]1. The number of fused-ring (bicyclic) bond motifs is 1. The minimum atomic E-state index is -0.903. The highest BCUT2D eigenvalue weighted by Gasteiger charge is 2.14. The van der Waals surface area contributed by atoms with Crippen molar-refractivity contribution < 1.29 is 8.78 Å². The predicted octanol–water partition coefficient (Wildman–Crippen LogP) is 2.29. The van der Waals surface area contributed by atoms with Crippen molar-refractivity contribution in [2.45, 2.75) is 19.3 Å². The van der Waals surface area contributed by atoms with E-state index in [1.165, 1.54) is 6.07 Å². The molecule has 0 radical (unpaired) electrons. The summed E-state index contributed by atoms with van der Waals surface area (Å²) in [5.74, 6) is -1.03. The zero-order valence-electron chi connectivity index (χ0n) is 8.93. The Morgan fingerprint density at radius 1 is 1.44 bits per heavy atom. The highest BCUT2D eigenvalue weighted by molar-refractivity contribution is 5.75. The molecule has 0 aliphatic carbocycles. The van der Waals surface area contributed by atoms with Gasteiger partial charge in [-0.05, 0) is 25.1 Å². The summed E-state index contributed by atoms with van der Waals surface area (Å²) in [7, 11) is 0. The summed E-state index contributed by atoms with van der Waals surface area (Å²) >= 11 is 0. The second kappa shape index (κ2) is 4.17. The Hall–Kier alpha value is -1.49. The molecule has 0 aliphatic rings. The zero-order valence-corrected chi connectivity index (χ0v) is 8.93. The second-order valence-corrected chi connectivity index (χ2v) is 3.86. The molecule has 1 aromatic heterocycles. The van der Waals surface area contributed by atoms with Crippen LogP contribution >= 0.6 is 0 Å². The monoisotopic (exact) mass is 225 g/mol. The second-order valence-electron chi connectivity index (χ2n) is 3.86. The Kier molecular flexibility index (Phi) is 2.87. The van der Waals surface area contributed by atoms with Crippen LogP contribution in [-0.2, 0) is 0 Å². The topological polar surface area (TPSA) is 54.7 Å². The number of nitrogens with one attached hydrogen (secondary N) is 1. The maximum Gasteiger partial charge on any atom is 0.186 e. The van der Waals surface area contributed by atoms with Gasteiger partial charge in [-0.1, -0.05) is 6.92 Å². The Balaban J connectivity index is 2.48. The Bertz CT molecular complexity index is 507. The molecule has 1 heterocycles. The molecule has 0 spiro atoms. The van der Waals surface area contributed by atoms with Gasteiger partial charge in [0.15, 0.2) is 11.6 Å². The molecule has 2 rings (SSSR count). The average molecular weight is 225 g/mol. The van der Waals surface area contributed by atoms with Crippen LogP contribution in [0, 0.1) is 11.6 Å². The van der Waals surface area contributed by atoms with Crippen LogP contribution in [0.3, 0.4) is 0 Å². The number of imidazole rings is 1. The number of aromatic nitrogens is 2. The highest BCUT2D eigenvalue weighted by atomic mass is 19.2. The highest BCUT2D eigenvalue weighted by Crippen LogP contribution is 2.22. The van der Waals surface area contributed by atoms with Crippen LogP contribution in [-0.4, -0.2) is 16.5 Å². The molecule has 16 heavy (non-hydrogen) atoms. The molecule has 0 amide bonds. The van der Waals surface area contributed by atoms with E-state index < -0.39 is 11.6 Å². The molecule has 86 valence electrons. The molecule has 3 nitrogen and oxygen atoms in total. The van der Waals surface area contributed by atoms with Gasteiger partial charge >= 0.3 is 0 Å². The first-order valence-electron chi connectivity index (χ1n) is 5.17. The summed E-state index contributed by atoms with van der Waals surface area (Å²) in [5.41, 5.74) is 6.01. The van der Waals surface area contributed by atoms with Gasteiger partial charge < -0.3 is 10.7 Å². The molecular formula is C11H13F2N3. The van der Waals surface area contributed by atoms with Gasteiger partial charge in [-0.25, -0.2) is 13.8 Å². The third-order valence-electron chi connectivity index (χ3n) is 2.63.